The number of aromatic nitrogens is 7. The third-order valence-electron chi connectivity index (χ3n) is 6.48. The fourth-order valence-corrected chi connectivity index (χ4v) is 4.65. The third-order valence-corrected chi connectivity index (χ3v) is 6.48. The van der Waals surface area contributed by atoms with Gasteiger partial charge in [-0.15, -0.1) is 0 Å². The average molecular weight is 490 g/mol. The maximum atomic E-state index is 5.03. The quantitative estimate of drug-likeness (QED) is 0.281. The molecule has 0 N–H and O–H groups in total. The molecule has 0 saturated carbocycles. The Bertz CT molecular complexity index is 1780. The number of rotatable bonds is 4. The van der Waals surface area contributed by atoms with Crippen molar-refractivity contribution >= 4 is 21.8 Å². The van der Waals surface area contributed by atoms with Crippen LogP contribution in [0.3, 0.4) is 0 Å². The van der Waals surface area contributed by atoms with Crippen LogP contribution in [0.25, 0.3) is 66.8 Å². The van der Waals surface area contributed by atoms with Crippen molar-refractivity contribution in [2.24, 2.45) is 0 Å². The zero-order valence-electron chi connectivity index (χ0n) is 20.1. The molecule has 7 rings (SSSR count). The summed E-state index contributed by atoms with van der Waals surface area (Å²) in [5.74, 6) is 0. The molecule has 2 aromatic carbocycles. The molecule has 0 aliphatic carbocycles. The van der Waals surface area contributed by atoms with Gasteiger partial charge in [0.25, 0.3) is 0 Å². The molecule has 0 saturated heterocycles. The van der Waals surface area contributed by atoms with Crippen LogP contribution < -0.4 is 0 Å². The number of fused-ring (bicyclic) bond motifs is 2. The van der Waals surface area contributed by atoms with Crippen LogP contribution in [-0.2, 0) is 0 Å². The minimum absolute atomic E-state index is 0.846. The van der Waals surface area contributed by atoms with Crippen molar-refractivity contribution in [1.82, 2.24) is 34.9 Å². The van der Waals surface area contributed by atoms with Crippen LogP contribution in [0.5, 0.6) is 0 Å². The van der Waals surface area contributed by atoms with Gasteiger partial charge in [-0.3, -0.25) is 9.97 Å². The summed E-state index contributed by atoms with van der Waals surface area (Å²) in [6.07, 6.45) is 10.3. The van der Waals surface area contributed by atoms with Gasteiger partial charge in [-0.05, 0) is 60.7 Å². The smallest absolute Gasteiger partial charge is 0.116 e. The van der Waals surface area contributed by atoms with Gasteiger partial charge in [0, 0.05) is 57.8 Å². The van der Waals surface area contributed by atoms with E-state index in [-0.39, 0.29) is 0 Å². The Morgan fingerprint density at radius 3 is 1.45 bits per heavy atom. The van der Waals surface area contributed by atoms with Crippen LogP contribution in [0.2, 0.25) is 0 Å². The lowest BCUT2D eigenvalue weighted by Crippen LogP contribution is -1.93. The van der Waals surface area contributed by atoms with Gasteiger partial charge in [-0.25, -0.2) is 24.9 Å². The standard InChI is InChI=1S/C31H19N7/c1-6-26(20-8-10-28-24(14-20)30(36-18-34-28)22-4-2-12-32-16-22)38-27(7-1)21-9-11-29-25(15-21)31(37-19-35-29)23-5-3-13-33-17-23/h1-19H. The molecular formula is C31H19N7. The van der Waals surface area contributed by atoms with E-state index in [1.807, 2.05) is 79.1 Å². The fourth-order valence-electron chi connectivity index (χ4n) is 4.65. The highest BCUT2D eigenvalue weighted by molar-refractivity contribution is 5.96. The second kappa shape index (κ2) is 9.22. The first-order valence-electron chi connectivity index (χ1n) is 12.1. The minimum Gasteiger partial charge on any atom is -0.264 e. The van der Waals surface area contributed by atoms with Crippen molar-refractivity contribution in [1.29, 1.82) is 0 Å². The zero-order chi connectivity index (χ0) is 25.3. The molecule has 5 aromatic heterocycles. The van der Waals surface area contributed by atoms with Crippen LogP contribution in [0.1, 0.15) is 0 Å². The molecule has 0 aliphatic heterocycles. The molecule has 0 atom stereocenters. The summed E-state index contributed by atoms with van der Waals surface area (Å²) in [7, 11) is 0. The Balaban J connectivity index is 1.33. The van der Waals surface area contributed by atoms with E-state index in [1.54, 1.807) is 25.0 Å². The molecule has 0 spiro atoms. The summed E-state index contributed by atoms with van der Waals surface area (Å²) in [5, 5.41) is 1.91. The van der Waals surface area contributed by atoms with Gasteiger partial charge in [-0.2, -0.15) is 0 Å². The van der Waals surface area contributed by atoms with Crippen molar-refractivity contribution in [2.75, 3.05) is 0 Å². The van der Waals surface area contributed by atoms with Crippen LogP contribution in [0.4, 0.5) is 0 Å². The van der Waals surface area contributed by atoms with E-state index in [2.05, 4.69) is 42.0 Å². The molecule has 7 aromatic rings. The highest BCUT2D eigenvalue weighted by Crippen LogP contribution is 2.32. The minimum atomic E-state index is 0.846. The van der Waals surface area contributed by atoms with E-state index in [0.29, 0.717) is 0 Å². The van der Waals surface area contributed by atoms with Crippen molar-refractivity contribution in [3.05, 3.63) is 116 Å². The summed E-state index contributed by atoms with van der Waals surface area (Å²) in [6, 6.07) is 26.2. The second-order valence-corrected chi connectivity index (χ2v) is 8.80. The van der Waals surface area contributed by atoms with Crippen molar-refractivity contribution in [3.8, 4) is 45.0 Å². The van der Waals surface area contributed by atoms with Gasteiger partial charge in [0.1, 0.15) is 12.7 Å². The van der Waals surface area contributed by atoms with E-state index < -0.39 is 0 Å². The molecule has 0 bridgehead atoms. The summed E-state index contributed by atoms with van der Waals surface area (Å²) < 4.78 is 0. The van der Waals surface area contributed by atoms with Crippen LogP contribution in [0, 0.1) is 0 Å². The monoisotopic (exact) mass is 489 g/mol. The highest BCUT2D eigenvalue weighted by Gasteiger charge is 2.12. The Morgan fingerprint density at radius 2 is 0.974 bits per heavy atom. The zero-order valence-corrected chi connectivity index (χ0v) is 20.1. The normalized spacial score (nSPS) is 11.2. The van der Waals surface area contributed by atoms with Gasteiger partial charge in [0.05, 0.1) is 33.8 Å². The first kappa shape index (κ1) is 21.8. The molecule has 7 heteroatoms. The third kappa shape index (κ3) is 3.92. The summed E-state index contributed by atoms with van der Waals surface area (Å²) in [5.41, 5.74) is 9.02. The number of nitrogens with zero attached hydrogens (tertiary/aromatic N) is 7. The van der Waals surface area contributed by atoms with Gasteiger partial charge >= 0.3 is 0 Å². The Hall–Kier alpha value is -5.43. The van der Waals surface area contributed by atoms with E-state index in [4.69, 9.17) is 4.98 Å². The summed E-state index contributed by atoms with van der Waals surface area (Å²) >= 11 is 0. The number of benzene rings is 2. The first-order chi connectivity index (χ1) is 18.8. The van der Waals surface area contributed by atoms with Gasteiger partial charge in [0.2, 0.25) is 0 Å². The van der Waals surface area contributed by atoms with Crippen molar-refractivity contribution < 1.29 is 0 Å². The van der Waals surface area contributed by atoms with Crippen LogP contribution >= 0.6 is 0 Å². The molecule has 0 fully saturated rings. The Kier molecular flexibility index (Phi) is 5.29. The molecule has 38 heavy (non-hydrogen) atoms. The molecule has 7 nitrogen and oxygen atoms in total. The molecular weight excluding hydrogens is 470 g/mol. The van der Waals surface area contributed by atoms with Crippen LogP contribution in [0.15, 0.2) is 116 Å². The van der Waals surface area contributed by atoms with Crippen LogP contribution in [-0.4, -0.2) is 34.9 Å². The Labute approximate surface area is 218 Å². The highest BCUT2D eigenvalue weighted by atomic mass is 14.8. The maximum Gasteiger partial charge on any atom is 0.116 e. The Morgan fingerprint density at radius 1 is 0.447 bits per heavy atom. The van der Waals surface area contributed by atoms with Gasteiger partial charge < -0.3 is 0 Å². The topological polar surface area (TPSA) is 90.2 Å². The molecule has 5 heterocycles. The van der Waals surface area contributed by atoms with E-state index in [9.17, 15) is 0 Å². The molecule has 0 aliphatic rings. The number of pyridine rings is 3. The first-order valence-corrected chi connectivity index (χ1v) is 12.1. The predicted octanol–water partition coefficient (Wildman–Crippen LogP) is 6.43. The molecule has 0 radical (unpaired) electrons. The fraction of sp³-hybridized carbons (Fsp3) is 0. The van der Waals surface area contributed by atoms with Crippen molar-refractivity contribution in [3.63, 3.8) is 0 Å². The molecule has 178 valence electrons. The number of hydrogen-bond acceptors (Lipinski definition) is 7. The van der Waals surface area contributed by atoms with E-state index in [1.165, 1.54) is 0 Å². The molecule has 0 unspecified atom stereocenters. The van der Waals surface area contributed by atoms with E-state index >= 15 is 0 Å². The van der Waals surface area contributed by atoms with Gasteiger partial charge in [-0.1, -0.05) is 18.2 Å². The summed E-state index contributed by atoms with van der Waals surface area (Å²) in [6.45, 7) is 0. The number of hydrogen-bond donors (Lipinski definition) is 0. The van der Waals surface area contributed by atoms with Gasteiger partial charge in [0.15, 0.2) is 0 Å². The largest absolute Gasteiger partial charge is 0.264 e. The SMILES string of the molecule is c1cncc(-c2ncnc3ccc(-c4cccc(-c5ccc6ncnc(-c7cccnc7)c6c5)n4)cc23)c1. The second-order valence-electron chi connectivity index (χ2n) is 8.80. The predicted molar refractivity (Wildman–Crippen MR) is 148 cm³/mol. The van der Waals surface area contributed by atoms with Crippen molar-refractivity contribution in [2.45, 2.75) is 0 Å². The lowest BCUT2D eigenvalue weighted by molar-refractivity contribution is 1.21. The maximum absolute atomic E-state index is 5.03. The average Bonchev–Trinajstić information content (AvgIpc) is 3.01. The van der Waals surface area contributed by atoms with E-state index in [0.717, 1.165) is 66.8 Å². The lowest BCUT2D eigenvalue weighted by atomic mass is 10.0. The lowest BCUT2D eigenvalue weighted by Gasteiger charge is -2.10. The molecule has 0 amide bonds. The summed E-state index contributed by atoms with van der Waals surface area (Å²) in [4.78, 5) is 31.6.